The van der Waals surface area contributed by atoms with Crippen LogP contribution in [-0.4, -0.2) is 59.9 Å². The number of hydrogen-bond acceptors (Lipinski definition) is 9. The van der Waals surface area contributed by atoms with E-state index in [4.69, 9.17) is 24.8 Å². The largest absolute Gasteiger partial charge is 0.480 e. The van der Waals surface area contributed by atoms with Gasteiger partial charge in [-0.15, -0.1) is 0 Å². The van der Waals surface area contributed by atoms with Gasteiger partial charge in [0.05, 0.1) is 13.2 Å². The molecule has 0 aromatic carbocycles. The molecular weight excluding hydrogens is 806 g/mol. The fourth-order valence-corrected chi connectivity index (χ4v) is 7.73. The van der Waals surface area contributed by atoms with Gasteiger partial charge in [0.15, 0.2) is 6.10 Å². The summed E-state index contributed by atoms with van der Waals surface area (Å²) in [5.74, 6) is -2.42. The Hall–Kier alpha value is -2.30. The van der Waals surface area contributed by atoms with Crippen molar-refractivity contribution in [2.75, 3.05) is 19.8 Å². The van der Waals surface area contributed by atoms with E-state index in [1.165, 1.54) is 141 Å². The van der Waals surface area contributed by atoms with Crippen LogP contribution in [0.1, 0.15) is 232 Å². The molecule has 0 spiro atoms. The second-order valence-corrected chi connectivity index (χ2v) is 18.4. The summed E-state index contributed by atoms with van der Waals surface area (Å²) in [6.45, 7) is 2.77. The van der Waals surface area contributed by atoms with Crippen molar-refractivity contribution >= 4 is 25.7 Å². The molecule has 62 heavy (non-hydrogen) atoms. The summed E-state index contributed by atoms with van der Waals surface area (Å²) >= 11 is 0. The van der Waals surface area contributed by atoms with E-state index in [-0.39, 0.29) is 19.4 Å². The number of carbonyl (C=O) groups is 3. The Morgan fingerprint density at radius 1 is 0.500 bits per heavy atom. The van der Waals surface area contributed by atoms with Gasteiger partial charge in [-0.3, -0.25) is 23.4 Å². The second-order valence-electron chi connectivity index (χ2n) is 17.0. The molecule has 12 heteroatoms. The summed E-state index contributed by atoms with van der Waals surface area (Å²) in [7, 11) is -4.73. The molecule has 0 aliphatic carbocycles. The van der Waals surface area contributed by atoms with Crippen LogP contribution >= 0.6 is 7.82 Å². The Kier molecular flexibility index (Phi) is 43.6. The second kappa shape index (κ2) is 45.3. The first kappa shape index (κ1) is 59.7. The first-order valence-corrected chi connectivity index (χ1v) is 26.5. The van der Waals surface area contributed by atoms with Crippen molar-refractivity contribution in [2.24, 2.45) is 5.73 Å². The zero-order valence-corrected chi connectivity index (χ0v) is 40.4. The topological polar surface area (TPSA) is 172 Å². The highest BCUT2D eigenvalue weighted by molar-refractivity contribution is 7.47. The summed E-state index contributed by atoms with van der Waals surface area (Å²) in [6.07, 6.45) is 50.8. The molecule has 362 valence electrons. The van der Waals surface area contributed by atoms with Gasteiger partial charge in [-0.1, -0.05) is 204 Å². The Bertz CT molecular complexity index is 1190. The van der Waals surface area contributed by atoms with Gasteiger partial charge in [0.1, 0.15) is 12.6 Å². The molecule has 0 bridgehead atoms. The van der Waals surface area contributed by atoms with Crippen molar-refractivity contribution in [1.29, 1.82) is 0 Å². The van der Waals surface area contributed by atoms with Gasteiger partial charge in [-0.05, 0) is 51.4 Å². The highest BCUT2D eigenvalue weighted by Crippen LogP contribution is 2.43. The number of nitrogens with two attached hydrogens (primary N) is 1. The number of rotatable bonds is 47. The molecule has 0 aromatic heterocycles. The van der Waals surface area contributed by atoms with Crippen molar-refractivity contribution in [3.05, 3.63) is 36.5 Å². The Balaban J connectivity index is 4.24. The van der Waals surface area contributed by atoms with Crippen molar-refractivity contribution < 1.29 is 47.5 Å². The smallest absolute Gasteiger partial charge is 0.472 e. The number of unbranched alkanes of at least 4 members (excludes halogenated alkanes) is 27. The van der Waals surface area contributed by atoms with Crippen LogP contribution in [0.15, 0.2) is 36.5 Å². The van der Waals surface area contributed by atoms with Crippen molar-refractivity contribution in [3.8, 4) is 0 Å². The zero-order valence-electron chi connectivity index (χ0n) is 39.5. The maximum atomic E-state index is 12.7. The molecule has 0 rings (SSSR count). The molecule has 3 atom stereocenters. The molecule has 0 saturated heterocycles. The highest BCUT2D eigenvalue weighted by atomic mass is 31.2. The van der Waals surface area contributed by atoms with E-state index >= 15 is 0 Å². The number of carbonyl (C=O) groups excluding carboxylic acids is 2. The Morgan fingerprint density at radius 2 is 0.855 bits per heavy atom. The summed E-state index contributed by atoms with van der Waals surface area (Å²) in [4.78, 5) is 46.1. The summed E-state index contributed by atoms with van der Waals surface area (Å²) in [6, 6.07) is -1.53. The van der Waals surface area contributed by atoms with E-state index in [2.05, 4.69) is 54.8 Å². The number of hydrogen-bond donors (Lipinski definition) is 3. The van der Waals surface area contributed by atoms with Gasteiger partial charge in [0.25, 0.3) is 0 Å². The van der Waals surface area contributed by atoms with Crippen LogP contribution in [0, 0.1) is 0 Å². The number of esters is 2. The van der Waals surface area contributed by atoms with Crippen LogP contribution in [0.25, 0.3) is 0 Å². The minimum absolute atomic E-state index is 0.157. The third-order valence-corrected chi connectivity index (χ3v) is 11.8. The number of phosphoric acid groups is 1. The normalized spacial score (nSPS) is 13.9. The van der Waals surface area contributed by atoms with Gasteiger partial charge < -0.3 is 25.2 Å². The number of carboxylic acids is 1. The molecule has 0 heterocycles. The van der Waals surface area contributed by atoms with E-state index in [0.29, 0.717) is 12.8 Å². The van der Waals surface area contributed by atoms with Crippen LogP contribution < -0.4 is 5.73 Å². The molecule has 0 aromatic rings. The lowest BCUT2D eigenvalue weighted by atomic mass is 10.0. The summed E-state index contributed by atoms with van der Waals surface area (Å²) < 4.78 is 32.8. The molecule has 0 amide bonds. The standard InChI is InChI=1S/C50H92NO10P/c1-3-5-7-9-11-13-15-17-19-20-21-22-23-24-25-26-28-30-32-34-36-38-40-42-49(53)61-46(44-59-62(56,57)60-45-47(51)50(54)55)43-58-48(52)41-39-37-35-33-31-29-27-18-16-14-12-10-8-6-4-2/h12,14,18,27,31,33,46-47H,3-11,13,15-17,19-26,28-30,32,34-45,51H2,1-2H3,(H,54,55)(H,56,57)/b14-12+,27-18+,33-31+/t46-,47-/m0/s1. The van der Waals surface area contributed by atoms with Crippen molar-refractivity contribution in [2.45, 2.75) is 244 Å². The van der Waals surface area contributed by atoms with Gasteiger partial charge in [0.2, 0.25) is 0 Å². The molecule has 0 fully saturated rings. The van der Waals surface area contributed by atoms with Crippen LogP contribution in [-0.2, 0) is 37.5 Å². The zero-order chi connectivity index (χ0) is 45.6. The lowest BCUT2D eigenvalue weighted by Gasteiger charge is -2.20. The molecule has 1 unspecified atom stereocenters. The molecule has 0 radical (unpaired) electrons. The lowest BCUT2D eigenvalue weighted by molar-refractivity contribution is -0.161. The van der Waals surface area contributed by atoms with Crippen LogP contribution in [0.3, 0.4) is 0 Å². The molecule has 0 saturated carbocycles. The fraction of sp³-hybridized carbons (Fsp3) is 0.820. The van der Waals surface area contributed by atoms with Gasteiger partial charge >= 0.3 is 25.7 Å². The minimum atomic E-state index is -4.73. The van der Waals surface area contributed by atoms with E-state index in [9.17, 15) is 23.8 Å². The number of aliphatic carboxylic acids is 1. The Morgan fingerprint density at radius 3 is 1.31 bits per heavy atom. The van der Waals surface area contributed by atoms with E-state index in [1.807, 2.05) is 0 Å². The number of carboxylic acid groups (broad SMARTS) is 1. The van der Waals surface area contributed by atoms with Crippen molar-refractivity contribution in [3.63, 3.8) is 0 Å². The van der Waals surface area contributed by atoms with Gasteiger partial charge in [0, 0.05) is 12.8 Å². The predicted octanol–water partition coefficient (Wildman–Crippen LogP) is 14.0. The summed E-state index contributed by atoms with van der Waals surface area (Å²) in [5, 5.41) is 8.91. The minimum Gasteiger partial charge on any atom is -0.480 e. The molecule has 0 aliphatic heterocycles. The maximum absolute atomic E-state index is 12.7. The summed E-state index contributed by atoms with van der Waals surface area (Å²) in [5.41, 5.74) is 5.34. The van der Waals surface area contributed by atoms with Crippen LogP contribution in [0.4, 0.5) is 0 Å². The third kappa shape index (κ3) is 44.3. The lowest BCUT2D eigenvalue weighted by Crippen LogP contribution is -2.34. The molecular formula is C50H92NO10P. The predicted molar refractivity (Wildman–Crippen MR) is 254 cm³/mol. The molecule has 11 nitrogen and oxygen atoms in total. The highest BCUT2D eigenvalue weighted by Gasteiger charge is 2.28. The average Bonchev–Trinajstić information content (AvgIpc) is 3.25. The van der Waals surface area contributed by atoms with Gasteiger partial charge in [-0.25, -0.2) is 4.57 Å². The fourth-order valence-electron chi connectivity index (χ4n) is 6.96. The molecule has 4 N–H and O–H groups in total. The number of allylic oxidation sites excluding steroid dienone is 6. The average molecular weight is 898 g/mol. The number of phosphoric ester groups is 1. The Labute approximate surface area is 378 Å². The first-order valence-electron chi connectivity index (χ1n) is 25.0. The first-order chi connectivity index (χ1) is 30.1. The van der Waals surface area contributed by atoms with Crippen LogP contribution in [0.5, 0.6) is 0 Å². The SMILES string of the molecule is CCCCC/C=C/C/C=C/C/C=C/CCCCC(=O)OC[C@@H](COP(=O)(O)OC[C@H](N)C(=O)O)OC(=O)CCCCCCCCCCCCCCCCCCCCCCCCC. The monoisotopic (exact) mass is 898 g/mol. The number of ether oxygens (including phenoxy) is 2. The van der Waals surface area contributed by atoms with E-state index in [1.54, 1.807) is 0 Å². The van der Waals surface area contributed by atoms with E-state index in [0.717, 1.165) is 51.4 Å². The maximum Gasteiger partial charge on any atom is 0.472 e. The van der Waals surface area contributed by atoms with Gasteiger partial charge in [-0.2, -0.15) is 0 Å². The van der Waals surface area contributed by atoms with Crippen molar-refractivity contribution in [1.82, 2.24) is 0 Å². The quantitative estimate of drug-likeness (QED) is 0.0230. The molecule has 0 aliphatic rings. The third-order valence-electron chi connectivity index (χ3n) is 10.9. The van der Waals surface area contributed by atoms with E-state index < -0.39 is 51.1 Å². The van der Waals surface area contributed by atoms with Crippen LogP contribution in [0.2, 0.25) is 0 Å².